The molecule has 2 N–H and O–H groups in total. The molecule has 27 heavy (non-hydrogen) atoms. The number of amides is 1. The van der Waals surface area contributed by atoms with Crippen molar-refractivity contribution in [2.24, 2.45) is 0 Å². The van der Waals surface area contributed by atoms with E-state index in [1.165, 1.54) is 16.7 Å². The molecular weight excluding hydrogens is 364 g/mol. The van der Waals surface area contributed by atoms with Crippen molar-refractivity contribution in [3.63, 3.8) is 0 Å². The van der Waals surface area contributed by atoms with Gasteiger partial charge in [0.15, 0.2) is 0 Å². The predicted molar refractivity (Wildman–Crippen MR) is 103 cm³/mol. The highest BCUT2D eigenvalue weighted by atomic mass is 32.2. The van der Waals surface area contributed by atoms with Crippen LogP contribution in [0.3, 0.4) is 0 Å². The van der Waals surface area contributed by atoms with Gasteiger partial charge in [-0.1, -0.05) is 30.3 Å². The van der Waals surface area contributed by atoms with Crippen LogP contribution in [0.2, 0.25) is 0 Å². The van der Waals surface area contributed by atoms with E-state index in [2.05, 4.69) is 15.3 Å². The Hall–Kier alpha value is -2.61. The van der Waals surface area contributed by atoms with E-state index < -0.39 is 22.8 Å². The van der Waals surface area contributed by atoms with Gasteiger partial charge in [-0.25, -0.2) is 14.8 Å². The van der Waals surface area contributed by atoms with Gasteiger partial charge in [-0.05, 0) is 20.8 Å². The molecule has 0 spiro atoms. The first kappa shape index (κ1) is 17.8. The molecule has 4 rings (SSSR count). The quantitative estimate of drug-likeness (QED) is 0.782. The second-order valence-corrected chi connectivity index (χ2v) is 9.04. The molecular formula is C19H20N4O3S. The normalized spacial score (nSPS) is 25.7. The van der Waals surface area contributed by atoms with Crippen LogP contribution < -0.4 is 5.32 Å². The zero-order chi connectivity index (χ0) is 19.3. The Labute approximate surface area is 161 Å². The van der Waals surface area contributed by atoms with Crippen molar-refractivity contribution in [3.8, 4) is 11.3 Å². The largest absolute Gasteiger partial charge is 0.480 e. The minimum atomic E-state index is -0.967. The predicted octanol–water partition coefficient (Wildman–Crippen LogP) is 2.38. The van der Waals surface area contributed by atoms with Gasteiger partial charge in [0.1, 0.15) is 29.1 Å². The van der Waals surface area contributed by atoms with Crippen LogP contribution in [-0.4, -0.2) is 54.1 Å². The molecule has 1 amide bonds. The summed E-state index contributed by atoms with van der Waals surface area (Å²) in [4.78, 5) is 34.6. The smallest absolute Gasteiger partial charge is 0.327 e. The van der Waals surface area contributed by atoms with E-state index in [0.717, 1.165) is 11.3 Å². The van der Waals surface area contributed by atoms with Gasteiger partial charge < -0.3 is 15.3 Å². The summed E-state index contributed by atoms with van der Waals surface area (Å²) in [6.45, 7) is 5.53. The summed E-state index contributed by atoms with van der Waals surface area (Å²) in [5.74, 6) is -0.00382. The summed E-state index contributed by atoms with van der Waals surface area (Å²) < 4.78 is -0.542. The van der Waals surface area contributed by atoms with Crippen LogP contribution in [0.25, 0.3) is 11.3 Å². The molecule has 7 nitrogen and oxygen atoms in total. The highest BCUT2D eigenvalue weighted by molar-refractivity contribution is 8.01. The average molecular weight is 384 g/mol. The number of thioether (sulfide) groups is 1. The number of carbonyl (C=O) groups is 2. The minimum absolute atomic E-state index is 0.206. The highest BCUT2D eigenvalue weighted by Gasteiger charge is 2.63. The molecule has 8 heteroatoms. The molecule has 3 heterocycles. The molecule has 2 aliphatic rings. The number of nitrogens with zero attached hydrogens (tertiary/aromatic N) is 3. The first-order valence-electron chi connectivity index (χ1n) is 8.68. The standard InChI is InChI=1S/C19H20N4O3S/c1-10-20-12(11-7-5-4-6-8-11)9-13(21-10)22-14-16(24)23-15(18(25)26)19(2,3)27-17(14)23/h4-9,14-15,17H,1-3H3,(H,25,26)(H,20,21,22)/t14-,15+,17-/m0/s1. The molecule has 2 fully saturated rings. The van der Waals surface area contributed by atoms with Crippen molar-refractivity contribution in [1.29, 1.82) is 0 Å². The van der Waals surface area contributed by atoms with E-state index in [9.17, 15) is 14.7 Å². The summed E-state index contributed by atoms with van der Waals surface area (Å²) in [6.07, 6.45) is 0. The van der Waals surface area contributed by atoms with Crippen LogP contribution in [0.4, 0.5) is 5.82 Å². The number of carbonyl (C=O) groups excluding carboxylic acids is 1. The fourth-order valence-corrected chi connectivity index (χ4v) is 5.33. The number of β-lactam (4-membered cyclic amide) rings is 1. The number of hydrogen-bond donors (Lipinski definition) is 2. The number of carboxylic acids is 1. The number of fused-ring (bicyclic) bond motifs is 1. The molecule has 2 saturated heterocycles. The number of anilines is 1. The van der Waals surface area contributed by atoms with Crippen molar-refractivity contribution < 1.29 is 14.7 Å². The third-order valence-electron chi connectivity index (χ3n) is 4.89. The molecule has 0 unspecified atom stereocenters. The summed E-state index contributed by atoms with van der Waals surface area (Å²) in [5, 5.41) is 12.5. The van der Waals surface area contributed by atoms with Crippen molar-refractivity contribution in [1.82, 2.24) is 14.9 Å². The Morgan fingerprint density at radius 3 is 2.63 bits per heavy atom. The van der Waals surface area contributed by atoms with Crippen molar-refractivity contribution in [3.05, 3.63) is 42.2 Å². The van der Waals surface area contributed by atoms with Gasteiger partial charge in [-0.15, -0.1) is 11.8 Å². The van der Waals surface area contributed by atoms with E-state index in [4.69, 9.17) is 0 Å². The van der Waals surface area contributed by atoms with E-state index in [1.807, 2.05) is 50.2 Å². The number of carboxylic acid groups (broad SMARTS) is 1. The lowest BCUT2D eigenvalue weighted by molar-refractivity contribution is -0.158. The summed E-state index contributed by atoms with van der Waals surface area (Å²) in [5.41, 5.74) is 1.74. The third-order valence-corrected chi connectivity index (χ3v) is 6.46. The number of benzene rings is 1. The van der Waals surface area contributed by atoms with E-state index in [-0.39, 0.29) is 11.3 Å². The van der Waals surface area contributed by atoms with Gasteiger partial charge in [-0.2, -0.15) is 0 Å². The second kappa shape index (κ2) is 6.23. The van der Waals surface area contributed by atoms with Crippen LogP contribution in [0.5, 0.6) is 0 Å². The first-order valence-corrected chi connectivity index (χ1v) is 9.56. The lowest BCUT2D eigenvalue weighted by Gasteiger charge is -2.43. The fraction of sp³-hybridized carbons (Fsp3) is 0.368. The van der Waals surface area contributed by atoms with Gasteiger partial charge >= 0.3 is 5.97 Å². The van der Waals surface area contributed by atoms with Crippen LogP contribution >= 0.6 is 11.8 Å². The molecule has 0 aliphatic carbocycles. The zero-order valence-electron chi connectivity index (χ0n) is 15.2. The first-order chi connectivity index (χ1) is 12.8. The molecule has 1 aromatic heterocycles. The summed E-state index contributed by atoms with van der Waals surface area (Å²) >= 11 is 1.51. The molecule has 0 saturated carbocycles. The monoisotopic (exact) mass is 384 g/mol. The van der Waals surface area contributed by atoms with Gasteiger partial charge in [-0.3, -0.25) is 4.79 Å². The Balaban J connectivity index is 1.59. The number of aliphatic carboxylic acids is 1. The van der Waals surface area contributed by atoms with Crippen LogP contribution in [0.1, 0.15) is 19.7 Å². The third kappa shape index (κ3) is 2.93. The second-order valence-electron chi connectivity index (χ2n) is 7.27. The Kier molecular flexibility index (Phi) is 4.10. The number of nitrogens with one attached hydrogen (secondary N) is 1. The number of aromatic nitrogens is 2. The topological polar surface area (TPSA) is 95.4 Å². The van der Waals surface area contributed by atoms with Gasteiger partial charge in [0.25, 0.3) is 0 Å². The maximum atomic E-state index is 12.6. The van der Waals surface area contributed by atoms with E-state index >= 15 is 0 Å². The molecule has 0 radical (unpaired) electrons. The maximum absolute atomic E-state index is 12.6. The lowest BCUT2D eigenvalue weighted by Crippen LogP contribution is -2.68. The Bertz CT molecular complexity index is 918. The molecule has 2 aliphatic heterocycles. The summed E-state index contributed by atoms with van der Waals surface area (Å²) in [6, 6.07) is 10.3. The fourth-order valence-electron chi connectivity index (χ4n) is 3.70. The lowest BCUT2D eigenvalue weighted by atomic mass is 9.96. The van der Waals surface area contributed by atoms with Gasteiger partial charge in [0.2, 0.25) is 5.91 Å². The van der Waals surface area contributed by atoms with Crippen LogP contribution in [-0.2, 0) is 9.59 Å². The SMILES string of the molecule is Cc1nc(N[C@H]2C(=O)N3[C@H]2SC(C)(C)[C@H]3C(=O)O)cc(-c2ccccc2)n1. The van der Waals surface area contributed by atoms with Gasteiger partial charge in [0, 0.05) is 16.4 Å². The molecule has 3 atom stereocenters. The zero-order valence-corrected chi connectivity index (χ0v) is 16.0. The van der Waals surface area contributed by atoms with Crippen LogP contribution in [0.15, 0.2) is 36.4 Å². The van der Waals surface area contributed by atoms with Crippen molar-refractivity contribution >= 4 is 29.5 Å². The Morgan fingerprint density at radius 1 is 1.26 bits per heavy atom. The summed E-state index contributed by atoms with van der Waals surface area (Å²) in [7, 11) is 0. The van der Waals surface area contributed by atoms with Gasteiger partial charge in [0.05, 0.1) is 5.69 Å². The highest BCUT2D eigenvalue weighted by Crippen LogP contribution is 2.51. The average Bonchev–Trinajstić information content (AvgIpc) is 2.88. The minimum Gasteiger partial charge on any atom is -0.480 e. The van der Waals surface area contributed by atoms with E-state index in [1.54, 1.807) is 6.92 Å². The van der Waals surface area contributed by atoms with Crippen molar-refractivity contribution in [2.45, 2.75) is 43.0 Å². The van der Waals surface area contributed by atoms with Crippen LogP contribution in [0, 0.1) is 6.92 Å². The molecule has 1 aromatic carbocycles. The number of aryl methyl sites for hydroxylation is 1. The van der Waals surface area contributed by atoms with Crippen molar-refractivity contribution in [2.75, 3.05) is 5.32 Å². The molecule has 140 valence electrons. The maximum Gasteiger partial charge on any atom is 0.327 e. The molecule has 0 bridgehead atoms. The Morgan fingerprint density at radius 2 is 1.96 bits per heavy atom. The number of hydrogen-bond acceptors (Lipinski definition) is 6. The van der Waals surface area contributed by atoms with E-state index in [0.29, 0.717) is 11.6 Å². The molecule has 2 aromatic rings. The number of rotatable bonds is 4.